The highest BCUT2D eigenvalue weighted by Crippen LogP contribution is 2.21. The third-order valence-electron chi connectivity index (χ3n) is 2.99. The molecular formula is C13H11N3O3S. The largest absolute Gasteiger partial charge is 0.409 e. The molecule has 1 aromatic heterocycles. The number of rotatable bonds is 2. The van der Waals surface area contributed by atoms with E-state index in [4.69, 9.17) is 21.4 Å². The summed E-state index contributed by atoms with van der Waals surface area (Å²) < 4.78 is 10.5. The van der Waals surface area contributed by atoms with Crippen LogP contribution in [0.1, 0.15) is 6.92 Å². The Kier molecular flexibility index (Phi) is 3.19. The molecule has 2 heterocycles. The quantitative estimate of drug-likeness (QED) is 0.670. The van der Waals surface area contributed by atoms with Gasteiger partial charge in [-0.15, -0.1) is 0 Å². The van der Waals surface area contributed by atoms with E-state index in [0.29, 0.717) is 28.5 Å². The zero-order valence-electron chi connectivity index (χ0n) is 10.6. The average Bonchev–Trinajstić information content (AvgIpc) is 2.80. The van der Waals surface area contributed by atoms with Crippen LogP contribution < -0.4 is 10.1 Å². The molecule has 1 atom stereocenters. The summed E-state index contributed by atoms with van der Waals surface area (Å²) >= 11 is 4.91. The predicted molar refractivity (Wildman–Crippen MR) is 76.8 cm³/mol. The van der Waals surface area contributed by atoms with Crippen LogP contribution in [0.5, 0.6) is 6.08 Å². The Morgan fingerprint density at radius 2 is 2.30 bits per heavy atom. The Hall–Kier alpha value is -2.28. The first kappa shape index (κ1) is 12.7. The summed E-state index contributed by atoms with van der Waals surface area (Å²) in [7, 11) is 0. The highest BCUT2D eigenvalue weighted by molar-refractivity contribution is 7.80. The monoisotopic (exact) mass is 289 g/mol. The number of para-hydroxylation sites is 2. The number of aromatic nitrogens is 1. The summed E-state index contributed by atoms with van der Waals surface area (Å²) in [5.74, 6) is -0.954. The number of carbonyl (C=O) groups is 1. The van der Waals surface area contributed by atoms with Crippen molar-refractivity contribution in [2.24, 2.45) is 10.9 Å². The molecule has 0 saturated carbocycles. The van der Waals surface area contributed by atoms with Gasteiger partial charge in [0.1, 0.15) is 11.4 Å². The fourth-order valence-electron chi connectivity index (χ4n) is 1.92. The molecule has 0 saturated heterocycles. The van der Waals surface area contributed by atoms with Crippen molar-refractivity contribution in [3.8, 4) is 6.08 Å². The molecule has 1 unspecified atom stereocenters. The second kappa shape index (κ2) is 5.01. The Balaban J connectivity index is 1.79. The molecule has 0 aliphatic carbocycles. The normalized spacial score (nSPS) is 18.6. The maximum Gasteiger partial charge on any atom is 0.402 e. The number of nitrogens with zero attached hydrogens (tertiary/aromatic N) is 2. The summed E-state index contributed by atoms with van der Waals surface area (Å²) in [5, 5.41) is 3.23. The SMILES string of the molecule is CC1=NC(=S)NCC1C(=O)Oc1nc2ccccc2o1. The molecule has 6 nitrogen and oxygen atoms in total. The zero-order chi connectivity index (χ0) is 14.1. The lowest BCUT2D eigenvalue weighted by Crippen LogP contribution is -2.42. The third-order valence-corrected chi connectivity index (χ3v) is 3.22. The van der Waals surface area contributed by atoms with E-state index >= 15 is 0 Å². The fraction of sp³-hybridized carbons (Fsp3) is 0.231. The van der Waals surface area contributed by atoms with Gasteiger partial charge in [0.25, 0.3) is 0 Å². The Morgan fingerprint density at radius 3 is 3.05 bits per heavy atom. The van der Waals surface area contributed by atoms with Gasteiger partial charge in [0.15, 0.2) is 10.7 Å². The smallest absolute Gasteiger partial charge is 0.402 e. The molecule has 20 heavy (non-hydrogen) atoms. The van der Waals surface area contributed by atoms with Crippen molar-refractivity contribution in [1.29, 1.82) is 0 Å². The van der Waals surface area contributed by atoms with Crippen LogP contribution in [0.15, 0.2) is 33.7 Å². The van der Waals surface area contributed by atoms with Crippen LogP contribution >= 0.6 is 12.2 Å². The molecule has 0 amide bonds. The average molecular weight is 289 g/mol. The molecule has 1 aliphatic rings. The van der Waals surface area contributed by atoms with E-state index in [1.54, 1.807) is 19.1 Å². The second-order valence-corrected chi connectivity index (χ2v) is 4.75. The van der Waals surface area contributed by atoms with Gasteiger partial charge in [0.2, 0.25) is 0 Å². The van der Waals surface area contributed by atoms with E-state index in [2.05, 4.69) is 15.3 Å². The van der Waals surface area contributed by atoms with Crippen LogP contribution in [-0.4, -0.2) is 28.3 Å². The second-order valence-electron chi connectivity index (χ2n) is 4.36. The first-order valence-electron chi connectivity index (χ1n) is 6.04. The number of hydrogen-bond donors (Lipinski definition) is 1. The van der Waals surface area contributed by atoms with Crippen molar-refractivity contribution in [2.45, 2.75) is 6.92 Å². The predicted octanol–water partition coefficient (Wildman–Crippen LogP) is 1.70. The van der Waals surface area contributed by atoms with Crippen molar-refractivity contribution >= 4 is 40.1 Å². The summed E-state index contributed by atoms with van der Waals surface area (Å²) in [4.78, 5) is 20.2. The van der Waals surface area contributed by atoms with Crippen LogP contribution in [0, 0.1) is 5.92 Å². The fourth-order valence-corrected chi connectivity index (χ4v) is 2.15. The number of benzene rings is 1. The van der Waals surface area contributed by atoms with Gasteiger partial charge in [-0.25, -0.2) is 4.99 Å². The van der Waals surface area contributed by atoms with Gasteiger partial charge >= 0.3 is 12.0 Å². The Labute approximate surface area is 119 Å². The van der Waals surface area contributed by atoms with Gasteiger partial charge in [0.05, 0.1) is 0 Å². The number of thiocarbonyl (C=S) groups is 1. The minimum Gasteiger partial charge on any atom is -0.409 e. The molecule has 1 aliphatic heterocycles. The molecular weight excluding hydrogens is 278 g/mol. The molecule has 102 valence electrons. The summed E-state index contributed by atoms with van der Waals surface area (Å²) in [6, 6.07) is 7.19. The van der Waals surface area contributed by atoms with Crippen LogP contribution in [-0.2, 0) is 4.79 Å². The Morgan fingerprint density at radius 1 is 1.50 bits per heavy atom. The summed E-state index contributed by atoms with van der Waals surface area (Å²) in [6.07, 6.45) is -0.0582. The van der Waals surface area contributed by atoms with Crippen molar-refractivity contribution in [3.63, 3.8) is 0 Å². The van der Waals surface area contributed by atoms with Crippen molar-refractivity contribution < 1.29 is 13.9 Å². The minimum absolute atomic E-state index is 0.0582. The number of oxazole rings is 1. The van der Waals surface area contributed by atoms with E-state index < -0.39 is 11.9 Å². The number of nitrogens with one attached hydrogen (secondary N) is 1. The van der Waals surface area contributed by atoms with Crippen molar-refractivity contribution in [2.75, 3.05) is 6.54 Å². The van der Waals surface area contributed by atoms with Crippen LogP contribution in [0.3, 0.4) is 0 Å². The molecule has 0 spiro atoms. The highest BCUT2D eigenvalue weighted by Gasteiger charge is 2.28. The van der Waals surface area contributed by atoms with E-state index in [9.17, 15) is 4.79 Å². The van der Waals surface area contributed by atoms with Crippen LogP contribution in [0.25, 0.3) is 11.1 Å². The molecule has 0 radical (unpaired) electrons. The van der Waals surface area contributed by atoms with Gasteiger partial charge in [-0.1, -0.05) is 12.1 Å². The lowest BCUT2D eigenvalue weighted by molar-refractivity contribution is -0.138. The molecule has 7 heteroatoms. The van der Waals surface area contributed by atoms with Crippen molar-refractivity contribution in [1.82, 2.24) is 10.3 Å². The van der Waals surface area contributed by atoms with Crippen LogP contribution in [0.4, 0.5) is 0 Å². The summed E-state index contributed by atoms with van der Waals surface area (Å²) in [5.41, 5.74) is 1.84. The van der Waals surface area contributed by atoms with Crippen molar-refractivity contribution in [3.05, 3.63) is 24.3 Å². The van der Waals surface area contributed by atoms with Gasteiger partial charge < -0.3 is 14.5 Å². The number of carbonyl (C=O) groups excluding carboxylic acids is 1. The number of aliphatic imine (C=N–C) groups is 1. The highest BCUT2D eigenvalue weighted by atomic mass is 32.1. The maximum absolute atomic E-state index is 12.1. The summed E-state index contributed by atoms with van der Waals surface area (Å²) in [6.45, 7) is 2.11. The molecule has 0 bridgehead atoms. The van der Waals surface area contributed by atoms with Gasteiger partial charge in [0, 0.05) is 12.3 Å². The molecule has 1 aromatic carbocycles. The van der Waals surface area contributed by atoms with Gasteiger partial charge in [-0.05, 0) is 31.3 Å². The van der Waals surface area contributed by atoms with Gasteiger partial charge in [-0.3, -0.25) is 4.79 Å². The maximum atomic E-state index is 12.1. The Bertz CT molecular complexity index is 689. The number of fused-ring (bicyclic) bond motifs is 1. The van der Waals surface area contributed by atoms with Gasteiger partial charge in [-0.2, -0.15) is 4.98 Å². The first-order valence-corrected chi connectivity index (χ1v) is 6.44. The molecule has 3 rings (SSSR count). The molecule has 2 aromatic rings. The van der Waals surface area contributed by atoms with E-state index in [-0.39, 0.29) is 6.08 Å². The number of esters is 1. The first-order chi connectivity index (χ1) is 9.63. The van der Waals surface area contributed by atoms with E-state index in [1.807, 2.05) is 12.1 Å². The van der Waals surface area contributed by atoms with E-state index in [1.165, 1.54) is 0 Å². The van der Waals surface area contributed by atoms with E-state index in [0.717, 1.165) is 0 Å². The topological polar surface area (TPSA) is 76.7 Å². The zero-order valence-corrected chi connectivity index (χ0v) is 11.4. The third kappa shape index (κ3) is 2.39. The standard InChI is InChI=1S/C13H11N3O3S/c1-7-8(6-14-12(20)15-7)11(17)19-13-16-9-4-2-3-5-10(9)18-13/h2-5,8H,6H2,1H3,(H,14,20). The molecule has 1 N–H and O–H groups in total. The lowest BCUT2D eigenvalue weighted by atomic mass is 10.0. The number of hydrogen-bond acceptors (Lipinski definition) is 5. The number of ether oxygens (including phenoxy) is 1. The lowest BCUT2D eigenvalue weighted by Gasteiger charge is -2.19. The molecule has 0 fully saturated rings. The van der Waals surface area contributed by atoms with Crippen LogP contribution in [0.2, 0.25) is 0 Å². The minimum atomic E-state index is -0.489.